The summed E-state index contributed by atoms with van der Waals surface area (Å²) in [5.41, 5.74) is 2.20. The van der Waals surface area contributed by atoms with Crippen LogP contribution in [0.1, 0.15) is 30.9 Å². The van der Waals surface area contributed by atoms with Gasteiger partial charge < -0.3 is 20.3 Å². The summed E-state index contributed by atoms with van der Waals surface area (Å²) in [7, 11) is 1.62. The topological polar surface area (TPSA) is 125 Å². The first kappa shape index (κ1) is 21.5. The van der Waals surface area contributed by atoms with Gasteiger partial charge in [-0.3, -0.25) is 14.3 Å². The summed E-state index contributed by atoms with van der Waals surface area (Å²) in [6.07, 6.45) is 5.78. The Balaban J connectivity index is 1.30. The Morgan fingerprint density at radius 1 is 1.26 bits per heavy atom. The van der Waals surface area contributed by atoms with Crippen molar-refractivity contribution in [2.75, 3.05) is 29.2 Å². The van der Waals surface area contributed by atoms with Crippen LogP contribution >= 0.6 is 0 Å². The number of aromatic amines is 1. The van der Waals surface area contributed by atoms with Crippen molar-refractivity contribution >= 4 is 35.0 Å². The first-order chi connectivity index (χ1) is 17.1. The highest BCUT2D eigenvalue weighted by Gasteiger charge is 2.39. The van der Waals surface area contributed by atoms with Gasteiger partial charge in [0.1, 0.15) is 11.7 Å². The smallest absolute Gasteiger partial charge is 0.247 e. The molecule has 2 atom stereocenters. The highest BCUT2D eigenvalue weighted by molar-refractivity contribution is 5.97. The Kier molecular flexibility index (Phi) is 5.29. The molecule has 1 saturated carbocycles. The molecule has 1 aliphatic heterocycles. The van der Waals surface area contributed by atoms with Gasteiger partial charge in [0, 0.05) is 44.0 Å². The number of H-pyrrole nitrogens is 1. The molecule has 1 aliphatic carbocycles. The van der Waals surface area contributed by atoms with E-state index in [4.69, 9.17) is 14.7 Å². The zero-order chi connectivity index (χ0) is 23.9. The van der Waals surface area contributed by atoms with Gasteiger partial charge in [-0.15, -0.1) is 0 Å². The molecular formula is C23H24FN9O2. The van der Waals surface area contributed by atoms with E-state index in [1.165, 1.54) is 31.2 Å². The van der Waals surface area contributed by atoms with Crippen molar-refractivity contribution in [3.63, 3.8) is 0 Å². The summed E-state index contributed by atoms with van der Waals surface area (Å²) in [4.78, 5) is 28.1. The van der Waals surface area contributed by atoms with Gasteiger partial charge in [0.05, 0.1) is 18.0 Å². The number of pyridine rings is 1. The molecule has 0 spiro atoms. The molecule has 1 saturated heterocycles. The van der Waals surface area contributed by atoms with Crippen LogP contribution in [0.4, 0.5) is 27.8 Å². The quantitative estimate of drug-likeness (QED) is 0.347. The monoisotopic (exact) mass is 477 g/mol. The molecule has 2 fully saturated rings. The summed E-state index contributed by atoms with van der Waals surface area (Å²) in [5.74, 6) is 1.27. The number of carbonyl (C=O) groups is 1. The van der Waals surface area contributed by atoms with Gasteiger partial charge >= 0.3 is 0 Å². The number of carbonyl (C=O) groups excluding carboxylic acids is 1. The van der Waals surface area contributed by atoms with Gasteiger partial charge in [-0.05, 0) is 37.1 Å². The Hall–Kier alpha value is -4.06. The molecule has 12 heteroatoms. The second-order valence-corrected chi connectivity index (χ2v) is 8.81. The first-order valence-electron chi connectivity index (χ1n) is 11.5. The van der Waals surface area contributed by atoms with E-state index in [-0.39, 0.29) is 12.0 Å². The Morgan fingerprint density at radius 2 is 2.14 bits per heavy atom. The number of ether oxygens (including phenoxy) is 1. The van der Waals surface area contributed by atoms with Gasteiger partial charge in [-0.2, -0.15) is 19.5 Å². The number of hydrogen-bond donors (Lipinski definition) is 3. The zero-order valence-electron chi connectivity index (χ0n) is 19.0. The maximum atomic E-state index is 13.2. The standard InChI is InChI=1S/C23H24FN9O2/c1-35-15-9-17(21(34)26-14-6-7-18(24)25-11-14)33(12-15)23-28-20-3-2-8-32(20)22(29-23)27-19-10-16(30-31-19)13-4-5-13/h2-3,6-8,10-11,13,15,17H,4-5,9,12H2,1H3,(H,26,34)(H2,27,28,29,30,31)/t15-,17-/m0/s1. The van der Waals surface area contributed by atoms with E-state index in [9.17, 15) is 9.18 Å². The molecule has 0 bridgehead atoms. The van der Waals surface area contributed by atoms with E-state index in [1.54, 1.807) is 7.11 Å². The van der Waals surface area contributed by atoms with Crippen molar-refractivity contribution in [1.82, 2.24) is 29.5 Å². The predicted molar refractivity (Wildman–Crippen MR) is 126 cm³/mol. The Morgan fingerprint density at radius 3 is 2.91 bits per heavy atom. The van der Waals surface area contributed by atoms with Crippen molar-refractivity contribution in [3.8, 4) is 0 Å². The van der Waals surface area contributed by atoms with Gasteiger partial charge in [-0.25, -0.2) is 4.98 Å². The molecule has 0 radical (unpaired) electrons. The van der Waals surface area contributed by atoms with Crippen LogP contribution in [0.25, 0.3) is 5.65 Å². The molecule has 5 heterocycles. The number of amides is 1. The normalized spacial score (nSPS) is 19.9. The van der Waals surface area contributed by atoms with Crippen molar-refractivity contribution < 1.29 is 13.9 Å². The molecule has 180 valence electrons. The summed E-state index contributed by atoms with van der Waals surface area (Å²) >= 11 is 0. The molecular weight excluding hydrogens is 453 g/mol. The van der Waals surface area contributed by atoms with Crippen LogP contribution < -0.4 is 15.5 Å². The van der Waals surface area contributed by atoms with E-state index in [1.807, 2.05) is 33.7 Å². The predicted octanol–water partition coefficient (Wildman–Crippen LogP) is 2.84. The van der Waals surface area contributed by atoms with E-state index in [2.05, 4.69) is 25.8 Å². The fourth-order valence-electron chi connectivity index (χ4n) is 4.37. The van der Waals surface area contributed by atoms with Crippen LogP contribution in [0.2, 0.25) is 0 Å². The largest absolute Gasteiger partial charge is 0.380 e. The minimum atomic E-state index is -0.611. The average Bonchev–Trinajstić information content (AvgIpc) is 3.24. The van der Waals surface area contributed by atoms with Crippen molar-refractivity contribution in [2.45, 2.75) is 37.3 Å². The molecule has 1 amide bonds. The number of nitrogens with one attached hydrogen (secondary N) is 3. The number of methoxy groups -OCH3 is 1. The molecule has 3 N–H and O–H groups in total. The third-order valence-corrected chi connectivity index (χ3v) is 6.38. The average molecular weight is 478 g/mol. The fourth-order valence-corrected chi connectivity index (χ4v) is 4.37. The fraction of sp³-hybridized carbons (Fsp3) is 0.348. The maximum Gasteiger partial charge on any atom is 0.247 e. The van der Waals surface area contributed by atoms with Crippen LogP contribution in [0.5, 0.6) is 0 Å². The molecule has 2 aliphatic rings. The SMILES string of the molecule is CO[C@H]1C[C@@H](C(=O)Nc2ccc(F)nc2)N(c2nc(Nc3cc(C4CC4)[nH]n3)n3cccc3n2)C1. The molecule has 6 rings (SSSR count). The van der Waals surface area contributed by atoms with Gasteiger partial charge in [0.2, 0.25) is 23.8 Å². The summed E-state index contributed by atoms with van der Waals surface area (Å²) in [6.45, 7) is 0.445. The second kappa shape index (κ2) is 8.62. The Bertz CT molecular complexity index is 1370. The maximum absolute atomic E-state index is 13.2. The molecule has 4 aromatic heterocycles. The number of rotatable bonds is 7. The second-order valence-electron chi connectivity index (χ2n) is 8.81. The lowest BCUT2D eigenvalue weighted by Crippen LogP contribution is -2.40. The van der Waals surface area contributed by atoms with Crippen molar-refractivity contribution in [2.24, 2.45) is 0 Å². The number of fused-ring (bicyclic) bond motifs is 1. The number of nitrogens with zero attached hydrogens (tertiary/aromatic N) is 6. The van der Waals surface area contributed by atoms with E-state index < -0.39 is 12.0 Å². The van der Waals surface area contributed by atoms with Crippen molar-refractivity contribution in [1.29, 1.82) is 0 Å². The number of anilines is 4. The summed E-state index contributed by atoms with van der Waals surface area (Å²) in [5, 5.41) is 13.5. The summed E-state index contributed by atoms with van der Waals surface area (Å²) in [6, 6.07) is 7.84. The molecule has 4 aromatic rings. The van der Waals surface area contributed by atoms with Crippen LogP contribution in [0.3, 0.4) is 0 Å². The van der Waals surface area contributed by atoms with Crippen LogP contribution in [-0.4, -0.2) is 61.3 Å². The lowest BCUT2D eigenvalue weighted by Gasteiger charge is -2.24. The third kappa shape index (κ3) is 4.28. The minimum Gasteiger partial charge on any atom is -0.380 e. The van der Waals surface area contributed by atoms with Crippen LogP contribution in [-0.2, 0) is 9.53 Å². The molecule has 0 unspecified atom stereocenters. The van der Waals surface area contributed by atoms with Crippen LogP contribution in [0, 0.1) is 5.95 Å². The molecule has 0 aromatic carbocycles. The van der Waals surface area contributed by atoms with E-state index >= 15 is 0 Å². The summed E-state index contributed by atoms with van der Waals surface area (Å²) < 4.78 is 20.6. The molecule has 11 nitrogen and oxygen atoms in total. The van der Waals surface area contributed by atoms with Gasteiger partial charge in [0.15, 0.2) is 5.82 Å². The number of aromatic nitrogens is 6. The minimum absolute atomic E-state index is 0.174. The van der Waals surface area contributed by atoms with Gasteiger partial charge in [-0.1, -0.05) is 0 Å². The number of hydrogen-bond acceptors (Lipinski definition) is 8. The number of halogens is 1. The molecule has 35 heavy (non-hydrogen) atoms. The highest BCUT2D eigenvalue weighted by atomic mass is 19.1. The lowest BCUT2D eigenvalue weighted by atomic mass is 10.2. The first-order valence-corrected chi connectivity index (χ1v) is 11.5. The highest BCUT2D eigenvalue weighted by Crippen LogP contribution is 2.39. The third-order valence-electron chi connectivity index (χ3n) is 6.38. The van der Waals surface area contributed by atoms with Gasteiger partial charge in [0.25, 0.3) is 0 Å². The van der Waals surface area contributed by atoms with E-state index in [0.29, 0.717) is 47.9 Å². The van der Waals surface area contributed by atoms with E-state index in [0.717, 1.165) is 5.69 Å². The van der Waals surface area contributed by atoms with Crippen molar-refractivity contribution in [3.05, 3.63) is 54.4 Å². The van der Waals surface area contributed by atoms with Crippen LogP contribution in [0.15, 0.2) is 42.7 Å². The zero-order valence-corrected chi connectivity index (χ0v) is 19.0. The Labute approximate surface area is 199 Å². The lowest BCUT2D eigenvalue weighted by molar-refractivity contribution is -0.117.